The molecule has 1 aliphatic rings. The Balaban J connectivity index is 1.87. The molecule has 3 rings (SSSR count). The van der Waals surface area contributed by atoms with Crippen molar-refractivity contribution < 1.29 is 9.59 Å². The molecule has 0 fully saturated rings. The largest absolute Gasteiger partial charge is 0.304 e. The highest BCUT2D eigenvalue weighted by Gasteiger charge is 2.35. The summed E-state index contributed by atoms with van der Waals surface area (Å²) >= 11 is 7.51. The predicted octanol–water partition coefficient (Wildman–Crippen LogP) is 3.17. The number of carbonyl (C=O) groups excluding carboxylic acids is 2. The lowest BCUT2D eigenvalue weighted by atomic mass is 10.1. The van der Waals surface area contributed by atoms with Crippen LogP contribution >= 0.6 is 22.9 Å². The minimum absolute atomic E-state index is 0.406. The summed E-state index contributed by atoms with van der Waals surface area (Å²) in [6, 6.07) is 8.99. The van der Waals surface area contributed by atoms with E-state index in [0.717, 1.165) is 6.42 Å². The molecule has 1 aliphatic heterocycles. The van der Waals surface area contributed by atoms with E-state index in [9.17, 15) is 9.59 Å². The van der Waals surface area contributed by atoms with Gasteiger partial charge in [0, 0.05) is 16.4 Å². The maximum atomic E-state index is 12.0. The summed E-state index contributed by atoms with van der Waals surface area (Å²) in [4.78, 5) is 26.6. The van der Waals surface area contributed by atoms with Crippen molar-refractivity contribution in [2.75, 3.05) is 11.4 Å². The van der Waals surface area contributed by atoms with Crippen LogP contribution < -0.4 is 4.90 Å². The Morgan fingerprint density at radius 1 is 1.21 bits per heavy atom. The Kier molecular flexibility index (Phi) is 3.12. The number of nitrogens with zero attached hydrogens (tertiary/aromatic N) is 1. The highest BCUT2D eigenvalue weighted by molar-refractivity contribution is 7.09. The number of rotatable bonds is 3. The number of amides is 1. The molecule has 0 aliphatic carbocycles. The lowest BCUT2D eigenvalue weighted by Crippen LogP contribution is -2.31. The number of ketones is 1. The number of halogens is 1. The minimum atomic E-state index is -0.469. The van der Waals surface area contributed by atoms with Crippen LogP contribution in [0.3, 0.4) is 0 Å². The molecule has 0 saturated carbocycles. The van der Waals surface area contributed by atoms with Crippen LogP contribution in [0.4, 0.5) is 5.69 Å². The first-order valence-electron chi connectivity index (χ1n) is 5.85. The summed E-state index contributed by atoms with van der Waals surface area (Å²) in [5.74, 6) is -0.933. The van der Waals surface area contributed by atoms with E-state index in [4.69, 9.17) is 11.6 Å². The van der Waals surface area contributed by atoms with Gasteiger partial charge in [-0.2, -0.15) is 0 Å². The van der Waals surface area contributed by atoms with Crippen LogP contribution in [-0.2, 0) is 11.2 Å². The summed E-state index contributed by atoms with van der Waals surface area (Å²) in [6.07, 6.45) is 0.749. The van der Waals surface area contributed by atoms with E-state index in [-0.39, 0.29) is 0 Å². The van der Waals surface area contributed by atoms with Crippen LogP contribution in [0.2, 0.25) is 5.02 Å². The normalized spacial score (nSPS) is 14.1. The second kappa shape index (κ2) is 4.79. The number of thiophene rings is 1. The molecule has 0 N–H and O–H groups in total. The molecular formula is C14H10ClNO2S. The SMILES string of the molecule is O=C1C(=O)N(CCc2cccs2)c2ccc(Cl)cc21. The second-order valence-corrected chi connectivity index (χ2v) is 5.75. The molecule has 0 spiro atoms. The van der Waals surface area contributed by atoms with Gasteiger partial charge in [0.2, 0.25) is 0 Å². The van der Waals surface area contributed by atoms with Gasteiger partial charge >= 0.3 is 0 Å². The van der Waals surface area contributed by atoms with Crippen molar-refractivity contribution in [3.63, 3.8) is 0 Å². The number of benzene rings is 1. The van der Waals surface area contributed by atoms with E-state index < -0.39 is 11.7 Å². The maximum Gasteiger partial charge on any atom is 0.299 e. The Labute approximate surface area is 119 Å². The molecule has 2 aromatic rings. The highest BCUT2D eigenvalue weighted by Crippen LogP contribution is 2.31. The lowest BCUT2D eigenvalue weighted by Gasteiger charge is -2.15. The van der Waals surface area contributed by atoms with Gasteiger partial charge in [-0.3, -0.25) is 9.59 Å². The maximum absolute atomic E-state index is 12.0. The van der Waals surface area contributed by atoms with Crippen LogP contribution in [-0.4, -0.2) is 18.2 Å². The number of anilines is 1. The molecule has 0 atom stereocenters. The summed E-state index contributed by atoms with van der Waals surface area (Å²) in [5.41, 5.74) is 1.07. The van der Waals surface area contributed by atoms with Crippen molar-refractivity contribution in [1.82, 2.24) is 0 Å². The number of Topliss-reactive ketones (excluding diaryl/α,β-unsaturated/α-hetero) is 1. The number of carbonyl (C=O) groups is 2. The van der Waals surface area contributed by atoms with Gasteiger partial charge in [-0.15, -0.1) is 11.3 Å². The third-order valence-corrected chi connectivity index (χ3v) is 4.27. The van der Waals surface area contributed by atoms with Crippen LogP contribution in [0, 0.1) is 0 Å². The van der Waals surface area contributed by atoms with Crippen molar-refractivity contribution >= 4 is 40.3 Å². The number of hydrogen-bond donors (Lipinski definition) is 0. The van der Waals surface area contributed by atoms with Crippen molar-refractivity contribution in [3.8, 4) is 0 Å². The van der Waals surface area contributed by atoms with Gasteiger partial charge in [-0.1, -0.05) is 17.7 Å². The molecule has 2 heterocycles. The van der Waals surface area contributed by atoms with E-state index >= 15 is 0 Å². The van der Waals surface area contributed by atoms with Gasteiger partial charge in [0.05, 0.1) is 11.3 Å². The molecule has 1 amide bonds. The summed E-state index contributed by atoms with van der Waals surface area (Å²) in [6.45, 7) is 0.514. The smallest absolute Gasteiger partial charge is 0.299 e. The molecule has 1 aromatic carbocycles. The van der Waals surface area contributed by atoms with Gasteiger partial charge < -0.3 is 4.90 Å². The fourth-order valence-corrected chi connectivity index (χ4v) is 3.04. The molecule has 0 saturated heterocycles. The summed E-state index contributed by atoms with van der Waals surface area (Å²) in [5, 5.41) is 2.47. The zero-order valence-electron chi connectivity index (χ0n) is 9.93. The Morgan fingerprint density at radius 2 is 2.05 bits per heavy atom. The number of hydrogen-bond acceptors (Lipinski definition) is 3. The van der Waals surface area contributed by atoms with Crippen LogP contribution in [0.25, 0.3) is 0 Å². The molecule has 96 valence electrons. The third-order valence-electron chi connectivity index (χ3n) is 3.10. The molecule has 5 heteroatoms. The fraction of sp³-hybridized carbons (Fsp3) is 0.143. The first-order chi connectivity index (χ1) is 9.16. The molecular weight excluding hydrogens is 282 g/mol. The van der Waals surface area contributed by atoms with Crippen LogP contribution in [0.15, 0.2) is 35.7 Å². The van der Waals surface area contributed by atoms with Gasteiger partial charge in [-0.05, 0) is 36.1 Å². The predicted molar refractivity (Wildman–Crippen MR) is 76.2 cm³/mol. The molecule has 0 radical (unpaired) electrons. The van der Waals surface area contributed by atoms with E-state index in [0.29, 0.717) is 22.8 Å². The Morgan fingerprint density at radius 3 is 2.79 bits per heavy atom. The van der Waals surface area contributed by atoms with E-state index in [2.05, 4.69) is 0 Å². The zero-order valence-corrected chi connectivity index (χ0v) is 11.5. The fourth-order valence-electron chi connectivity index (χ4n) is 2.17. The van der Waals surface area contributed by atoms with Crippen LogP contribution in [0.5, 0.6) is 0 Å². The Bertz CT molecular complexity index is 651. The summed E-state index contributed by atoms with van der Waals surface area (Å²) in [7, 11) is 0. The first-order valence-corrected chi connectivity index (χ1v) is 7.11. The first kappa shape index (κ1) is 12.4. The summed E-state index contributed by atoms with van der Waals surface area (Å²) < 4.78 is 0. The van der Waals surface area contributed by atoms with Gasteiger partial charge in [0.1, 0.15) is 0 Å². The van der Waals surface area contributed by atoms with E-state index in [1.807, 2.05) is 17.5 Å². The average Bonchev–Trinajstić information content (AvgIpc) is 2.98. The van der Waals surface area contributed by atoms with E-state index in [1.54, 1.807) is 29.5 Å². The third kappa shape index (κ3) is 2.17. The molecule has 1 aromatic heterocycles. The number of fused-ring (bicyclic) bond motifs is 1. The molecule has 19 heavy (non-hydrogen) atoms. The van der Waals surface area contributed by atoms with Crippen molar-refractivity contribution in [2.24, 2.45) is 0 Å². The minimum Gasteiger partial charge on any atom is -0.304 e. The second-order valence-electron chi connectivity index (χ2n) is 4.28. The van der Waals surface area contributed by atoms with Crippen molar-refractivity contribution in [1.29, 1.82) is 0 Å². The van der Waals surface area contributed by atoms with Gasteiger partial charge in [0.25, 0.3) is 11.7 Å². The molecule has 3 nitrogen and oxygen atoms in total. The monoisotopic (exact) mass is 291 g/mol. The van der Waals surface area contributed by atoms with Gasteiger partial charge in [-0.25, -0.2) is 0 Å². The standard InChI is InChI=1S/C14H10ClNO2S/c15-9-3-4-12-11(8-9)13(17)14(18)16(12)6-5-10-2-1-7-19-10/h1-4,7-8H,5-6H2. The molecule has 0 unspecified atom stereocenters. The molecule has 0 bridgehead atoms. The Hall–Kier alpha value is -1.65. The lowest BCUT2D eigenvalue weighted by molar-refractivity contribution is -0.114. The van der Waals surface area contributed by atoms with E-state index in [1.165, 1.54) is 9.78 Å². The highest BCUT2D eigenvalue weighted by atomic mass is 35.5. The van der Waals surface area contributed by atoms with Gasteiger partial charge in [0.15, 0.2) is 0 Å². The van der Waals surface area contributed by atoms with Crippen molar-refractivity contribution in [3.05, 3.63) is 51.2 Å². The van der Waals surface area contributed by atoms with Crippen molar-refractivity contribution in [2.45, 2.75) is 6.42 Å². The topological polar surface area (TPSA) is 37.4 Å². The quantitative estimate of drug-likeness (QED) is 0.815. The zero-order chi connectivity index (χ0) is 13.4. The van der Waals surface area contributed by atoms with Crippen LogP contribution in [0.1, 0.15) is 15.2 Å². The average molecular weight is 292 g/mol.